The zero-order chi connectivity index (χ0) is 21.9. The number of carbonyl (C=O) groups excluding carboxylic acids is 2. The van der Waals surface area contributed by atoms with E-state index in [9.17, 15) is 9.59 Å². The highest BCUT2D eigenvalue weighted by atomic mass is 35.5. The summed E-state index contributed by atoms with van der Waals surface area (Å²) in [5.41, 5.74) is 1.97. The second-order valence-corrected chi connectivity index (χ2v) is 9.04. The highest BCUT2D eigenvalue weighted by Gasteiger charge is 2.35. The van der Waals surface area contributed by atoms with Crippen molar-refractivity contribution in [2.75, 3.05) is 4.90 Å². The molecule has 0 saturated carbocycles. The Morgan fingerprint density at radius 1 is 1.07 bits per heavy atom. The van der Waals surface area contributed by atoms with Gasteiger partial charge in [0.25, 0.3) is 5.91 Å². The van der Waals surface area contributed by atoms with Gasteiger partial charge in [-0.25, -0.2) is 0 Å². The number of nitrogens with zero attached hydrogens (tertiary/aromatic N) is 3. The van der Waals surface area contributed by atoms with Crippen LogP contribution in [0.4, 0.5) is 5.69 Å². The van der Waals surface area contributed by atoms with Crippen LogP contribution in [0.5, 0.6) is 0 Å². The van der Waals surface area contributed by atoms with Crippen LogP contribution in [0.25, 0.3) is 0 Å². The molecule has 3 aromatic rings. The second-order valence-electron chi connectivity index (χ2n) is 7.99. The Morgan fingerprint density at radius 2 is 1.70 bits per heavy atom. The van der Waals surface area contributed by atoms with Crippen LogP contribution in [-0.4, -0.2) is 26.9 Å². The molecule has 0 aliphatic rings. The molecule has 0 bridgehead atoms. The Hall–Kier alpha value is -2.77. The van der Waals surface area contributed by atoms with Gasteiger partial charge < -0.3 is 5.32 Å². The zero-order valence-electron chi connectivity index (χ0n) is 17.2. The molecule has 6 nitrogen and oxygen atoms in total. The summed E-state index contributed by atoms with van der Waals surface area (Å²) < 4.78 is 3.81. The van der Waals surface area contributed by atoms with Crippen LogP contribution in [0.1, 0.15) is 48.4 Å². The van der Waals surface area contributed by atoms with Gasteiger partial charge in [0.1, 0.15) is 6.04 Å². The van der Waals surface area contributed by atoms with E-state index in [-0.39, 0.29) is 11.6 Å². The van der Waals surface area contributed by atoms with Gasteiger partial charge in [-0.2, -0.15) is 0 Å². The minimum absolute atomic E-state index is 0.183. The average Bonchev–Trinajstić information content (AvgIpc) is 3.21. The fourth-order valence-electron chi connectivity index (χ4n) is 2.97. The predicted octanol–water partition coefficient (Wildman–Crippen LogP) is 4.80. The predicted molar refractivity (Wildman–Crippen MR) is 120 cm³/mol. The second kappa shape index (κ2) is 8.93. The summed E-state index contributed by atoms with van der Waals surface area (Å²) in [6, 6.07) is 13.4. The molecule has 1 aromatic heterocycles. The molecule has 0 fully saturated rings. The van der Waals surface area contributed by atoms with Gasteiger partial charge in [0.05, 0.1) is 0 Å². The van der Waals surface area contributed by atoms with Crippen molar-refractivity contribution >= 4 is 40.6 Å². The van der Waals surface area contributed by atoms with Gasteiger partial charge in [0, 0.05) is 21.6 Å². The van der Waals surface area contributed by atoms with Crippen LogP contribution < -0.4 is 10.2 Å². The Balaban J connectivity index is 2.16. The topological polar surface area (TPSA) is 75.2 Å². The van der Waals surface area contributed by atoms with Gasteiger partial charge in [-0.1, -0.05) is 45.9 Å². The summed E-state index contributed by atoms with van der Waals surface area (Å²) in [7, 11) is 0. The van der Waals surface area contributed by atoms with E-state index < -0.39 is 17.5 Å². The van der Waals surface area contributed by atoms with Gasteiger partial charge >= 0.3 is 0 Å². The first-order valence-corrected chi connectivity index (χ1v) is 10.6. The van der Waals surface area contributed by atoms with Crippen molar-refractivity contribution < 1.29 is 9.59 Å². The third-order valence-electron chi connectivity index (χ3n) is 4.30. The number of hydrogen-bond donors (Lipinski definition) is 1. The summed E-state index contributed by atoms with van der Waals surface area (Å²) >= 11 is 7.15. The highest BCUT2D eigenvalue weighted by molar-refractivity contribution is 7.03. The monoisotopic (exact) mass is 442 g/mol. The fourth-order valence-corrected chi connectivity index (χ4v) is 3.53. The molecule has 2 amide bonds. The van der Waals surface area contributed by atoms with E-state index in [2.05, 4.69) is 14.9 Å². The summed E-state index contributed by atoms with van der Waals surface area (Å²) in [5.74, 6) is -0.710. The van der Waals surface area contributed by atoms with Gasteiger partial charge in [-0.15, -0.1) is 5.10 Å². The number of aromatic nitrogens is 2. The number of aryl methyl sites for hydroxylation is 1. The largest absolute Gasteiger partial charge is 0.349 e. The average molecular weight is 443 g/mol. The fraction of sp³-hybridized carbons (Fsp3) is 0.273. The third kappa shape index (κ3) is 5.23. The van der Waals surface area contributed by atoms with Crippen LogP contribution in [0.2, 0.25) is 5.02 Å². The Morgan fingerprint density at radius 3 is 2.23 bits per heavy atom. The van der Waals surface area contributed by atoms with Gasteiger partial charge in [0.2, 0.25) is 5.91 Å². The minimum atomic E-state index is -0.918. The van der Waals surface area contributed by atoms with Crippen LogP contribution in [0, 0.1) is 6.92 Å². The van der Waals surface area contributed by atoms with Gasteiger partial charge in [-0.3, -0.25) is 14.5 Å². The van der Waals surface area contributed by atoms with E-state index in [1.165, 1.54) is 4.90 Å². The first-order chi connectivity index (χ1) is 14.2. The van der Waals surface area contributed by atoms with Crippen molar-refractivity contribution in [1.82, 2.24) is 14.9 Å². The standard InChI is InChI=1S/C22H23ClN4O2S/c1-14-5-11-17(12-6-14)27(21(29)18-13-30-26-25-18)19(20(28)24-22(2,3)4)15-7-9-16(23)10-8-15/h5-13,19H,1-4H3,(H,24,28). The number of benzene rings is 2. The van der Waals surface area contributed by atoms with Crippen molar-refractivity contribution in [3.63, 3.8) is 0 Å². The van der Waals surface area contributed by atoms with E-state index in [0.717, 1.165) is 17.1 Å². The first-order valence-electron chi connectivity index (χ1n) is 9.40. The molecular weight excluding hydrogens is 420 g/mol. The third-order valence-corrected chi connectivity index (χ3v) is 5.06. The number of hydrogen-bond acceptors (Lipinski definition) is 5. The van der Waals surface area contributed by atoms with E-state index in [1.807, 2.05) is 52.0 Å². The lowest BCUT2D eigenvalue weighted by Gasteiger charge is -2.33. The van der Waals surface area contributed by atoms with Crippen molar-refractivity contribution in [3.8, 4) is 0 Å². The normalized spacial score (nSPS) is 12.3. The maximum absolute atomic E-state index is 13.5. The molecule has 0 aliphatic carbocycles. The molecule has 1 unspecified atom stereocenters. The molecule has 0 spiro atoms. The van der Waals surface area contributed by atoms with Gasteiger partial charge in [-0.05, 0) is 69.1 Å². The molecule has 156 valence electrons. The molecule has 30 heavy (non-hydrogen) atoms. The molecular formula is C22H23ClN4O2S. The maximum Gasteiger partial charge on any atom is 0.280 e. The van der Waals surface area contributed by atoms with Crippen LogP contribution in [-0.2, 0) is 4.79 Å². The van der Waals surface area contributed by atoms with Gasteiger partial charge in [0.15, 0.2) is 5.69 Å². The smallest absolute Gasteiger partial charge is 0.280 e. The molecule has 2 aromatic carbocycles. The number of nitrogens with one attached hydrogen (secondary N) is 1. The molecule has 3 rings (SSSR count). The van der Waals surface area contributed by atoms with Crippen LogP contribution >= 0.6 is 23.1 Å². The van der Waals surface area contributed by atoms with E-state index >= 15 is 0 Å². The van der Waals surface area contributed by atoms with Crippen LogP contribution in [0.15, 0.2) is 53.9 Å². The number of rotatable bonds is 5. The van der Waals surface area contributed by atoms with Crippen molar-refractivity contribution in [1.29, 1.82) is 0 Å². The van der Waals surface area contributed by atoms with E-state index in [4.69, 9.17) is 11.6 Å². The van der Waals surface area contributed by atoms with Crippen LogP contribution in [0.3, 0.4) is 0 Å². The Bertz CT molecular complexity index is 1010. The molecule has 8 heteroatoms. The lowest BCUT2D eigenvalue weighted by atomic mass is 10.0. The molecule has 0 saturated heterocycles. The molecule has 0 aliphatic heterocycles. The van der Waals surface area contributed by atoms with E-state index in [0.29, 0.717) is 16.3 Å². The SMILES string of the molecule is Cc1ccc(N(C(=O)c2csnn2)C(C(=O)NC(C)(C)C)c2ccc(Cl)cc2)cc1. The summed E-state index contributed by atoms with van der Waals surface area (Å²) in [6.07, 6.45) is 0. The highest BCUT2D eigenvalue weighted by Crippen LogP contribution is 2.31. The zero-order valence-corrected chi connectivity index (χ0v) is 18.8. The maximum atomic E-state index is 13.5. The Kier molecular flexibility index (Phi) is 6.53. The summed E-state index contributed by atoms with van der Waals surface area (Å²) in [5, 5.41) is 9.04. The molecule has 0 radical (unpaired) electrons. The number of amides is 2. The van der Waals surface area contributed by atoms with Crippen molar-refractivity contribution in [2.45, 2.75) is 39.3 Å². The number of carbonyl (C=O) groups is 2. The number of halogens is 1. The lowest BCUT2D eigenvalue weighted by Crippen LogP contribution is -2.49. The van der Waals surface area contributed by atoms with Crippen molar-refractivity contribution in [2.24, 2.45) is 0 Å². The first kappa shape index (κ1) is 21.9. The van der Waals surface area contributed by atoms with E-state index in [1.54, 1.807) is 29.6 Å². The molecule has 1 atom stereocenters. The summed E-state index contributed by atoms with van der Waals surface area (Å²) in [4.78, 5) is 28.4. The molecule has 1 N–H and O–H groups in total. The lowest BCUT2D eigenvalue weighted by molar-refractivity contribution is -0.123. The Labute approximate surface area is 185 Å². The quantitative estimate of drug-likeness (QED) is 0.615. The summed E-state index contributed by atoms with van der Waals surface area (Å²) in [6.45, 7) is 7.65. The molecule has 1 heterocycles. The van der Waals surface area contributed by atoms with Crippen molar-refractivity contribution in [3.05, 3.63) is 75.8 Å². The number of anilines is 1. The minimum Gasteiger partial charge on any atom is -0.349 e.